The zero-order chi connectivity index (χ0) is 83.3. The Labute approximate surface area is 646 Å². The third-order valence-corrected chi connectivity index (χ3v) is 22.4. The number of fused-ring (bicyclic) bond motifs is 1. The van der Waals surface area contributed by atoms with Crippen LogP contribution in [0.5, 0.6) is 5.75 Å². The number of ether oxygens (including phenoxy) is 5. The highest BCUT2D eigenvalue weighted by Gasteiger charge is 2.50. The number of ketones is 9. The Morgan fingerprint density at radius 1 is 0.782 bits per heavy atom. The highest BCUT2D eigenvalue weighted by Crippen LogP contribution is 2.43. The lowest BCUT2D eigenvalue weighted by atomic mass is 9.68. The summed E-state index contributed by atoms with van der Waals surface area (Å²) in [5, 5.41) is 82.4. The van der Waals surface area contributed by atoms with E-state index in [-0.39, 0.29) is 43.5 Å². The van der Waals surface area contributed by atoms with Gasteiger partial charge in [0.1, 0.15) is 88.6 Å². The van der Waals surface area contributed by atoms with E-state index >= 15 is 24.0 Å². The Kier molecular flexibility index (Phi) is 37.8. The number of carbonyl (C=O) groups excluding carboxylic acids is 13. The Bertz CT molecular complexity index is 3470. The summed E-state index contributed by atoms with van der Waals surface area (Å²) < 4.78 is 29.7. The zero-order valence-electron chi connectivity index (χ0n) is 67.2. The van der Waals surface area contributed by atoms with E-state index < -0.39 is 270 Å². The molecule has 1 aromatic carbocycles. The topological polar surface area (TPSA) is 446 Å². The number of carbonyl (C=O) groups is 13. The van der Waals surface area contributed by atoms with Crippen LogP contribution in [0.4, 0.5) is 0 Å². The van der Waals surface area contributed by atoms with Gasteiger partial charge in [0.25, 0.3) is 5.91 Å². The van der Waals surface area contributed by atoms with Crippen molar-refractivity contribution in [2.75, 3.05) is 27.4 Å². The molecule has 1 aromatic rings. The molecule has 3 amide bonds. The number of cyclic esters (lactones) is 1. The van der Waals surface area contributed by atoms with Gasteiger partial charge in [-0.1, -0.05) is 111 Å². The van der Waals surface area contributed by atoms with Crippen LogP contribution >= 0.6 is 0 Å². The minimum absolute atomic E-state index is 0.0343. The van der Waals surface area contributed by atoms with E-state index in [0.717, 1.165) is 25.8 Å². The lowest BCUT2D eigenvalue weighted by molar-refractivity contribution is -0.268. The molecule has 0 radical (unpaired) electrons. The molecule has 3 aliphatic rings. The summed E-state index contributed by atoms with van der Waals surface area (Å²) in [6.07, 6.45) is -11.6. The lowest BCUT2D eigenvalue weighted by Crippen LogP contribution is -2.58. The van der Waals surface area contributed by atoms with Crippen molar-refractivity contribution in [1.82, 2.24) is 16.0 Å². The van der Waals surface area contributed by atoms with Crippen molar-refractivity contribution in [2.45, 2.75) is 254 Å². The summed E-state index contributed by atoms with van der Waals surface area (Å²) in [5.74, 6) is -25.0. The number of rotatable bonds is 30. The Morgan fingerprint density at radius 3 is 1.98 bits per heavy atom. The summed E-state index contributed by atoms with van der Waals surface area (Å²) in [6.45, 7) is 23.2. The molecule has 2 saturated heterocycles. The van der Waals surface area contributed by atoms with Crippen molar-refractivity contribution in [3.63, 3.8) is 0 Å². The number of Topliss-reactive ketones (excluding diaryl/α,β-unsaturated/α-hetero) is 9. The minimum Gasteiger partial charge on any atom is -0.462 e. The first-order chi connectivity index (χ1) is 51.4. The van der Waals surface area contributed by atoms with E-state index in [1.165, 1.54) is 112 Å². The maximum Gasteiger partial charge on any atom is 0.309 e. The van der Waals surface area contributed by atoms with Crippen molar-refractivity contribution in [2.24, 2.45) is 82.9 Å². The summed E-state index contributed by atoms with van der Waals surface area (Å²) in [5.41, 5.74) is -1.81. The monoisotopic (exact) mass is 1550 g/mol. The van der Waals surface area contributed by atoms with Gasteiger partial charge < -0.3 is 75.4 Å². The largest absolute Gasteiger partial charge is 0.462 e. The van der Waals surface area contributed by atoms with Crippen LogP contribution in [0, 0.1) is 82.9 Å². The maximum atomic E-state index is 16.0. The van der Waals surface area contributed by atoms with E-state index in [1.807, 2.05) is 26.8 Å². The number of aliphatic hydroxyl groups excluding tert-OH is 6. The van der Waals surface area contributed by atoms with Crippen LogP contribution in [0.3, 0.4) is 0 Å². The SMILES string of the molecule is C/C=C(\NC(=O)[C@@H](NC(=O)CNC(=O)C(C)(O)C(O)/C=C\C(C)=C\C(C)CC)[C@@H](C)O)C(=O)C[C@H](C(=O)CC1C(=O)C[C@H](COC)C(=O)CCC(=O)C[C@@H](C)C(=O)C(C)C([C@@H](C)O)C(=O)CC([C@H](OC)c2ccc(OC3O[C@@H](C)[C@H](O)[C@@H](O)[C@H]3O)cc2)C(=O)C2CC[C@H](C)CC2C(=O)O[C@@H]1C(C)C)[C@@H](C)[C@@H](C)C(C)=O. The van der Waals surface area contributed by atoms with Crippen LogP contribution in [-0.4, -0.2) is 206 Å². The van der Waals surface area contributed by atoms with Crippen molar-refractivity contribution >= 4 is 75.7 Å². The second-order valence-corrected chi connectivity index (χ2v) is 31.5. The summed E-state index contributed by atoms with van der Waals surface area (Å²) in [6, 6.07) is 4.13. The van der Waals surface area contributed by atoms with Gasteiger partial charge in [-0.2, -0.15) is 0 Å². The van der Waals surface area contributed by atoms with Crippen LogP contribution < -0.4 is 20.7 Å². The van der Waals surface area contributed by atoms with Crippen LogP contribution in [-0.2, 0) is 81.3 Å². The molecule has 28 heteroatoms. The van der Waals surface area contributed by atoms with Gasteiger partial charge in [0, 0.05) is 94.7 Å². The highest BCUT2D eigenvalue weighted by molar-refractivity contribution is 6.04. The van der Waals surface area contributed by atoms with E-state index in [4.69, 9.17) is 23.7 Å². The van der Waals surface area contributed by atoms with Gasteiger partial charge in [-0.15, -0.1) is 0 Å². The van der Waals surface area contributed by atoms with Crippen molar-refractivity contribution in [3.8, 4) is 5.75 Å². The molecule has 3 fully saturated rings. The number of nitrogens with one attached hydrogen (secondary N) is 3. The van der Waals surface area contributed by atoms with Crippen LogP contribution in [0.2, 0.25) is 0 Å². The number of esters is 1. The fraction of sp³-hybridized carbons (Fsp3) is 0.695. The Hall–Kier alpha value is -7.25. The molecule has 25 atom stereocenters. The number of methoxy groups -OCH3 is 2. The van der Waals surface area contributed by atoms with Crippen molar-refractivity contribution in [3.05, 3.63) is 65.4 Å². The normalized spacial score (nSPS) is 29.5. The first-order valence-corrected chi connectivity index (χ1v) is 38.5. The predicted molar refractivity (Wildman–Crippen MR) is 402 cm³/mol. The van der Waals surface area contributed by atoms with Crippen LogP contribution in [0.1, 0.15) is 193 Å². The first kappa shape index (κ1) is 95.1. The minimum atomic E-state index is -2.44. The average molecular weight is 1550 g/mol. The van der Waals surface area contributed by atoms with Gasteiger partial charge in [0.15, 0.2) is 11.4 Å². The van der Waals surface area contributed by atoms with Gasteiger partial charge in [0.2, 0.25) is 18.1 Å². The lowest BCUT2D eigenvalue weighted by Gasteiger charge is -2.39. The summed E-state index contributed by atoms with van der Waals surface area (Å²) >= 11 is 0. The standard InChI is InChI=1S/C82H123N3O25/c1-19-41(5)31-42(6)22-30-67(95)82(16,105)81(104)83-38-68(96)85-70(50(14)88)78(102)84-61(20-2)65(93)35-57(46(10)45(9)48(12)86)64(92)36-59-63(91)34-53(39-106-17)62(90)29-25-54(89)33-44(8)71(97)47(11)69(49(13)87)66(94)37-60(73(99)56-28-21-43(7)32-58(56)79(103)110-76(59)40(3)4)77(107-18)52-23-26-55(27-24-52)109-80-75(101)74(100)72(98)51(15)108-80/h20,22-24,26-27,30-31,40-41,43-47,49-51,53,56-60,67,69-70,72,74-77,80,87-88,95,98,100-101,105H,19,21,25,28-29,32-39H2,1-18H3,(H,83,104)(H,84,102)(H,85,96)/b30-22-,42-31+,61-20-/t41?,43-,44+,45+,46-,47?,49+,50+,51-,53+,56?,57-,58?,59?,60?,67?,69?,70-,72-,74+,75+,76+,77+,80?,82?/m0/s1. The number of hydrogen-bond donors (Lipinski definition) is 10. The second kappa shape index (κ2) is 43.7. The molecule has 10 unspecified atom stereocenters. The van der Waals surface area contributed by atoms with Crippen LogP contribution in [0.25, 0.3) is 0 Å². The van der Waals surface area contributed by atoms with E-state index in [1.54, 1.807) is 20.8 Å². The molecule has 4 rings (SSSR count). The fourth-order valence-corrected chi connectivity index (χ4v) is 14.9. The van der Waals surface area contributed by atoms with Gasteiger partial charge in [0.05, 0.1) is 66.9 Å². The molecule has 2 heterocycles. The number of hydrogen-bond acceptors (Lipinski definition) is 25. The van der Waals surface area contributed by atoms with Gasteiger partial charge in [-0.25, -0.2) is 0 Å². The smallest absolute Gasteiger partial charge is 0.309 e. The summed E-state index contributed by atoms with van der Waals surface area (Å²) in [4.78, 5) is 189. The first-order valence-electron chi connectivity index (χ1n) is 38.5. The quantitative estimate of drug-likeness (QED) is 0.0262. The molecule has 2 aliphatic heterocycles. The number of aliphatic hydroxyl groups is 7. The van der Waals surface area contributed by atoms with Gasteiger partial charge in [-0.3, -0.25) is 62.3 Å². The average Bonchev–Trinajstić information content (AvgIpc) is 0.786. The molecule has 1 aliphatic carbocycles. The Morgan fingerprint density at radius 2 is 1.42 bits per heavy atom. The molecule has 0 spiro atoms. The molecule has 110 heavy (non-hydrogen) atoms. The third-order valence-electron chi connectivity index (χ3n) is 22.4. The Balaban J connectivity index is 1.83. The highest BCUT2D eigenvalue weighted by atomic mass is 16.7. The molecule has 10 N–H and O–H groups in total. The van der Waals surface area contributed by atoms with Crippen molar-refractivity contribution < 1.29 is 122 Å². The van der Waals surface area contributed by atoms with Gasteiger partial charge >= 0.3 is 5.97 Å². The number of benzene rings is 1. The molecule has 616 valence electrons. The molecular formula is C82H123N3O25. The van der Waals surface area contributed by atoms with E-state index in [2.05, 4.69) is 16.0 Å². The maximum absolute atomic E-state index is 16.0. The molecule has 28 nitrogen and oxygen atoms in total. The number of allylic oxidation sites excluding steroid dienone is 5. The van der Waals surface area contributed by atoms with Gasteiger partial charge in [-0.05, 0) is 109 Å². The number of amides is 3. The second-order valence-electron chi connectivity index (χ2n) is 31.5. The van der Waals surface area contributed by atoms with Crippen molar-refractivity contribution in [1.29, 1.82) is 0 Å². The fourth-order valence-electron chi connectivity index (χ4n) is 14.9. The third kappa shape index (κ3) is 26.2. The predicted octanol–water partition coefficient (Wildman–Crippen LogP) is 5.40. The van der Waals surface area contributed by atoms with E-state index in [9.17, 15) is 74.1 Å². The zero-order valence-corrected chi connectivity index (χ0v) is 67.2. The molecule has 0 aromatic heterocycles. The van der Waals surface area contributed by atoms with Crippen LogP contribution in [0.15, 0.2) is 59.8 Å². The summed E-state index contributed by atoms with van der Waals surface area (Å²) in [7, 11) is 2.57. The van der Waals surface area contributed by atoms with E-state index in [0.29, 0.717) is 12.0 Å². The molecular weight excluding hydrogens is 1430 g/mol. The molecule has 0 bridgehead atoms. The molecule has 1 saturated carbocycles.